The summed E-state index contributed by atoms with van der Waals surface area (Å²) in [6.07, 6.45) is 0.941. The van der Waals surface area contributed by atoms with Gasteiger partial charge in [-0.1, -0.05) is 6.92 Å². The van der Waals surface area contributed by atoms with Gasteiger partial charge < -0.3 is 20.9 Å². The minimum atomic E-state index is -0.219. The Bertz CT molecular complexity index is 924. The van der Waals surface area contributed by atoms with Gasteiger partial charge in [0.1, 0.15) is 0 Å². The topological polar surface area (TPSA) is 90.5 Å². The normalized spacial score (nSPS) is 20.6. The van der Waals surface area contributed by atoms with E-state index in [0.717, 1.165) is 18.7 Å². The summed E-state index contributed by atoms with van der Waals surface area (Å²) in [7, 11) is 0. The number of amides is 3. The van der Waals surface area contributed by atoms with Crippen molar-refractivity contribution in [2.45, 2.75) is 13.3 Å². The van der Waals surface area contributed by atoms with Crippen molar-refractivity contribution in [3.05, 3.63) is 54.1 Å². The highest BCUT2D eigenvalue weighted by Crippen LogP contribution is 2.38. The van der Waals surface area contributed by atoms with Gasteiger partial charge >= 0.3 is 0 Å². The molecule has 0 radical (unpaired) electrons. The van der Waals surface area contributed by atoms with Gasteiger partial charge in [0.05, 0.1) is 6.54 Å². The predicted octanol–water partition coefficient (Wildman–Crippen LogP) is 2.47. The van der Waals surface area contributed by atoms with Crippen molar-refractivity contribution >= 4 is 34.8 Å². The molecular weight excluding hydrogens is 368 g/mol. The van der Waals surface area contributed by atoms with Crippen LogP contribution in [0, 0.1) is 11.8 Å². The first-order valence-electron chi connectivity index (χ1n) is 9.83. The zero-order valence-electron chi connectivity index (χ0n) is 16.3. The Morgan fingerprint density at radius 1 is 1.00 bits per heavy atom. The van der Waals surface area contributed by atoms with Crippen molar-refractivity contribution in [3.8, 4) is 0 Å². The molecule has 2 aliphatic rings. The fraction of sp³-hybridized carbons (Fsp3) is 0.318. The van der Waals surface area contributed by atoms with Crippen molar-refractivity contribution in [1.29, 1.82) is 0 Å². The second kappa shape index (κ2) is 7.95. The van der Waals surface area contributed by atoms with E-state index in [2.05, 4.69) is 22.9 Å². The lowest BCUT2D eigenvalue weighted by Gasteiger charge is -2.28. The molecule has 0 aromatic heterocycles. The quantitative estimate of drug-likeness (QED) is 0.729. The lowest BCUT2D eigenvalue weighted by atomic mass is 10.1. The number of carbonyl (C=O) groups excluding carboxylic acids is 3. The highest BCUT2D eigenvalue weighted by molar-refractivity contribution is 6.04. The Balaban J connectivity index is 1.34. The molecule has 150 valence electrons. The molecule has 0 bridgehead atoms. The van der Waals surface area contributed by atoms with Crippen molar-refractivity contribution < 1.29 is 14.4 Å². The molecule has 2 aromatic carbocycles. The van der Waals surface area contributed by atoms with E-state index in [-0.39, 0.29) is 23.6 Å². The first-order chi connectivity index (χ1) is 14.0. The van der Waals surface area contributed by atoms with E-state index < -0.39 is 0 Å². The van der Waals surface area contributed by atoms with E-state index >= 15 is 0 Å². The van der Waals surface area contributed by atoms with Crippen LogP contribution in [0.25, 0.3) is 0 Å². The standard InChI is InChI=1S/C22H24N4O3/c1-14-12-19(14)22(29)25-16-4-2-15(3-5-16)21(28)24-17-6-8-18(9-7-17)26-11-10-23-20(27)13-26/h2-9,14,19H,10-13H2,1H3,(H,23,27)(H,24,28)(H,25,29). The van der Waals surface area contributed by atoms with Crippen LogP contribution in [0.1, 0.15) is 23.7 Å². The molecule has 7 heteroatoms. The third-order valence-corrected chi connectivity index (χ3v) is 5.39. The number of piperazine rings is 1. The summed E-state index contributed by atoms with van der Waals surface area (Å²) >= 11 is 0. The smallest absolute Gasteiger partial charge is 0.255 e. The molecule has 29 heavy (non-hydrogen) atoms. The van der Waals surface area contributed by atoms with E-state index in [1.54, 1.807) is 24.3 Å². The third kappa shape index (κ3) is 4.56. The van der Waals surface area contributed by atoms with Crippen molar-refractivity contribution in [3.63, 3.8) is 0 Å². The Labute approximate surface area is 169 Å². The second-order valence-electron chi connectivity index (χ2n) is 7.66. The van der Waals surface area contributed by atoms with E-state index in [1.165, 1.54) is 0 Å². The zero-order chi connectivity index (χ0) is 20.4. The van der Waals surface area contributed by atoms with E-state index in [0.29, 0.717) is 35.9 Å². The number of nitrogens with zero attached hydrogens (tertiary/aromatic N) is 1. The van der Waals surface area contributed by atoms with Crippen LogP contribution in [0.4, 0.5) is 17.1 Å². The number of hydrogen-bond acceptors (Lipinski definition) is 4. The summed E-state index contributed by atoms with van der Waals surface area (Å²) in [5.74, 6) is 0.406. The molecular formula is C22H24N4O3. The predicted molar refractivity (Wildman–Crippen MR) is 112 cm³/mol. The van der Waals surface area contributed by atoms with Gasteiger partial charge in [0.2, 0.25) is 11.8 Å². The second-order valence-corrected chi connectivity index (χ2v) is 7.66. The highest BCUT2D eigenvalue weighted by Gasteiger charge is 2.39. The van der Waals surface area contributed by atoms with Crippen LogP contribution in [-0.4, -0.2) is 37.4 Å². The average Bonchev–Trinajstić information content (AvgIpc) is 3.46. The molecule has 2 unspecified atom stereocenters. The summed E-state index contributed by atoms with van der Waals surface area (Å²) in [4.78, 5) is 38.0. The van der Waals surface area contributed by atoms with Crippen LogP contribution in [0.15, 0.2) is 48.5 Å². The fourth-order valence-corrected chi connectivity index (χ4v) is 3.45. The maximum Gasteiger partial charge on any atom is 0.255 e. The molecule has 3 amide bonds. The summed E-state index contributed by atoms with van der Waals surface area (Å²) in [5, 5.41) is 8.56. The maximum atomic E-state index is 12.5. The van der Waals surface area contributed by atoms with E-state index in [1.807, 2.05) is 29.2 Å². The average molecular weight is 392 g/mol. The van der Waals surface area contributed by atoms with Crippen LogP contribution >= 0.6 is 0 Å². The summed E-state index contributed by atoms with van der Waals surface area (Å²) in [5.41, 5.74) is 2.84. The number of benzene rings is 2. The molecule has 1 aliphatic heterocycles. The van der Waals surface area contributed by atoms with Gasteiger partial charge in [-0.2, -0.15) is 0 Å². The Hall–Kier alpha value is -3.35. The molecule has 2 atom stereocenters. The third-order valence-electron chi connectivity index (χ3n) is 5.39. The van der Waals surface area contributed by atoms with Gasteiger partial charge in [-0.05, 0) is 60.9 Å². The zero-order valence-corrected chi connectivity index (χ0v) is 16.3. The molecule has 3 N–H and O–H groups in total. The molecule has 2 aromatic rings. The molecule has 1 saturated heterocycles. The minimum absolute atomic E-state index is 0.0138. The number of rotatable bonds is 5. The summed E-state index contributed by atoms with van der Waals surface area (Å²) in [6.45, 7) is 3.80. The molecule has 0 spiro atoms. The summed E-state index contributed by atoms with van der Waals surface area (Å²) in [6, 6.07) is 14.3. The van der Waals surface area contributed by atoms with Crippen LogP contribution in [0.3, 0.4) is 0 Å². The van der Waals surface area contributed by atoms with E-state index in [9.17, 15) is 14.4 Å². The largest absolute Gasteiger partial charge is 0.360 e. The lowest BCUT2D eigenvalue weighted by Crippen LogP contribution is -2.47. The van der Waals surface area contributed by atoms with Crippen LogP contribution < -0.4 is 20.9 Å². The van der Waals surface area contributed by atoms with E-state index in [4.69, 9.17) is 0 Å². The first kappa shape index (κ1) is 19.0. The first-order valence-corrected chi connectivity index (χ1v) is 9.83. The Morgan fingerprint density at radius 2 is 1.62 bits per heavy atom. The minimum Gasteiger partial charge on any atom is -0.360 e. The number of hydrogen-bond donors (Lipinski definition) is 3. The van der Waals surface area contributed by atoms with Crippen molar-refractivity contribution in [2.24, 2.45) is 11.8 Å². The van der Waals surface area contributed by atoms with Crippen LogP contribution in [0.2, 0.25) is 0 Å². The summed E-state index contributed by atoms with van der Waals surface area (Å²) < 4.78 is 0. The van der Waals surface area contributed by atoms with Gasteiger partial charge in [0.25, 0.3) is 5.91 Å². The number of anilines is 3. The number of carbonyl (C=O) groups is 3. The molecule has 4 rings (SSSR count). The van der Waals surface area contributed by atoms with Gasteiger partial charge in [-0.15, -0.1) is 0 Å². The van der Waals surface area contributed by atoms with Gasteiger partial charge in [-0.25, -0.2) is 0 Å². The molecule has 2 fully saturated rings. The monoisotopic (exact) mass is 392 g/mol. The van der Waals surface area contributed by atoms with Gasteiger partial charge in [-0.3, -0.25) is 14.4 Å². The number of nitrogens with one attached hydrogen (secondary N) is 3. The fourth-order valence-electron chi connectivity index (χ4n) is 3.45. The SMILES string of the molecule is CC1CC1C(=O)Nc1ccc(C(=O)Nc2ccc(N3CCNC(=O)C3)cc2)cc1. The van der Waals surface area contributed by atoms with Crippen molar-refractivity contribution in [2.75, 3.05) is 35.2 Å². The maximum absolute atomic E-state index is 12.5. The molecule has 7 nitrogen and oxygen atoms in total. The Morgan fingerprint density at radius 3 is 2.24 bits per heavy atom. The van der Waals surface area contributed by atoms with Gasteiger partial charge in [0, 0.05) is 41.6 Å². The Kier molecular flexibility index (Phi) is 5.20. The lowest BCUT2D eigenvalue weighted by molar-refractivity contribution is -0.120. The molecule has 1 heterocycles. The molecule has 1 saturated carbocycles. The van der Waals surface area contributed by atoms with Gasteiger partial charge in [0.15, 0.2) is 0 Å². The van der Waals surface area contributed by atoms with Crippen LogP contribution in [0.5, 0.6) is 0 Å². The molecule has 1 aliphatic carbocycles. The highest BCUT2D eigenvalue weighted by atomic mass is 16.2. The van der Waals surface area contributed by atoms with Crippen molar-refractivity contribution in [1.82, 2.24) is 5.32 Å². The van der Waals surface area contributed by atoms with Crippen LogP contribution in [-0.2, 0) is 9.59 Å².